The number of hydrogen-bond acceptors (Lipinski definition) is 11. The summed E-state index contributed by atoms with van der Waals surface area (Å²) >= 11 is 0. The number of nitrogens with one attached hydrogen (secondary N) is 9. The van der Waals surface area contributed by atoms with Gasteiger partial charge in [0.1, 0.15) is 0 Å². The molecule has 2 saturated heterocycles. The van der Waals surface area contributed by atoms with Gasteiger partial charge in [-0.25, -0.2) is 0 Å². The Hall–Kier alpha value is -0.700. The van der Waals surface area contributed by atoms with Gasteiger partial charge in [-0.3, -0.25) is 4.90 Å². The monoisotopic (exact) mass is 594 g/mol. The first-order valence-corrected chi connectivity index (χ1v) is 17.4. The summed E-state index contributed by atoms with van der Waals surface area (Å²) in [5, 5.41) is 32.6. The van der Waals surface area contributed by atoms with Gasteiger partial charge in [-0.2, -0.15) is 0 Å². The maximum Gasteiger partial charge on any atom is 0.0230 e. The summed E-state index contributed by atoms with van der Waals surface area (Å²) in [6.07, 6.45) is 10.9. The molecule has 0 aromatic rings. The lowest BCUT2D eigenvalue weighted by Gasteiger charge is -2.29. The summed E-state index contributed by atoms with van der Waals surface area (Å²) in [7, 11) is 0. The predicted octanol–water partition coefficient (Wildman–Crippen LogP) is -1.82. The van der Waals surface area contributed by atoms with Crippen LogP contribution in [0.1, 0.15) is 32.1 Å². The highest BCUT2D eigenvalue weighted by Gasteiger charge is 2.23. The van der Waals surface area contributed by atoms with Gasteiger partial charge in [-0.15, -0.1) is 0 Å². The van der Waals surface area contributed by atoms with Gasteiger partial charge in [0.15, 0.2) is 0 Å². The highest BCUT2D eigenvalue weighted by atomic mass is 15.2. The van der Waals surface area contributed by atoms with Crippen LogP contribution in [0, 0.1) is 0 Å². The van der Waals surface area contributed by atoms with Crippen LogP contribution >= 0.6 is 0 Å². The van der Waals surface area contributed by atoms with Crippen molar-refractivity contribution < 1.29 is 0 Å². The molecule has 0 aromatic carbocycles. The van der Waals surface area contributed by atoms with Crippen molar-refractivity contribution >= 4 is 0 Å². The first kappa shape index (κ1) is 35.8. The Kier molecular flexibility index (Phi) is 21.8. The van der Waals surface area contributed by atoms with Crippen LogP contribution in [-0.2, 0) is 0 Å². The Morgan fingerprint density at radius 1 is 0.476 bits per heavy atom. The van der Waals surface area contributed by atoms with Crippen LogP contribution in [0.5, 0.6) is 0 Å². The molecule has 3 atom stereocenters. The molecule has 11 nitrogen and oxygen atoms in total. The zero-order chi connectivity index (χ0) is 29.2. The molecular weight excluding hydrogens is 526 g/mol. The molecule has 3 aliphatic heterocycles. The van der Waals surface area contributed by atoms with Gasteiger partial charge < -0.3 is 52.8 Å². The SMILES string of the molecule is C1=CCC2CN(CC1)CCNCCNCCN1CCCC1CNCCNCCNCCCNCCNCCNCCN2. The molecule has 0 radical (unpaired) electrons. The molecule has 0 aliphatic carbocycles. The summed E-state index contributed by atoms with van der Waals surface area (Å²) in [5.74, 6) is 0. The van der Waals surface area contributed by atoms with Gasteiger partial charge in [-0.05, 0) is 51.7 Å². The molecule has 246 valence electrons. The quantitative estimate of drug-likeness (QED) is 0.148. The van der Waals surface area contributed by atoms with Crippen molar-refractivity contribution in [2.75, 3.05) is 144 Å². The second-order valence-electron chi connectivity index (χ2n) is 12.1. The lowest BCUT2D eigenvalue weighted by molar-refractivity contribution is 0.240. The van der Waals surface area contributed by atoms with Crippen molar-refractivity contribution in [3.8, 4) is 0 Å². The fraction of sp³-hybridized carbons (Fsp3) is 0.935. The van der Waals surface area contributed by atoms with Gasteiger partial charge in [-0.1, -0.05) is 12.2 Å². The minimum atomic E-state index is 0.536. The lowest BCUT2D eigenvalue weighted by atomic mass is 10.1. The topological polar surface area (TPSA) is 115 Å². The fourth-order valence-corrected chi connectivity index (χ4v) is 6.08. The van der Waals surface area contributed by atoms with E-state index in [2.05, 4.69) is 69.8 Å². The molecule has 2 bridgehead atoms. The first-order chi connectivity index (χ1) is 20.9. The number of fused-ring (bicyclic) bond motifs is 3. The average Bonchev–Trinajstić information content (AvgIpc) is 3.43. The molecule has 3 rings (SSSR count). The third-order valence-electron chi connectivity index (χ3n) is 8.57. The molecule has 0 spiro atoms. The highest BCUT2D eigenvalue weighted by molar-refractivity contribution is 4.91. The van der Waals surface area contributed by atoms with Crippen LogP contribution < -0.4 is 47.9 Å². The van der Waals surface area contributed by atoms with E-state index in [9.17, 15) is 0 Å². The largest absolute Gasteiger partial charge is 0.315 e. The van der Waals surface area contributed by atoms with Crippen LogP contribution in [-0.4, -0.2) is 166 Å². The van der Waals surface area contributed by atoms with Gasteiger partial charge >= 0.3 is 0 Å². The summed E-state index contributed by atoms with van der Waals surface area (Å²) in [6.45, 7) is 23.7. The molecule has 3 heterocycles. The van der Waals surface area contributed by atoms with Crippen LogP contribution in [0.2, 0.25) is 0 Å². The van der Waals surface area contributed by atoms with E-state index >= 15 is 0 Å². The molecule has 2 fully saturated rings. The van der Waals surface area contributed by atoms with E-state index < -0.39 is 0 Å². The standard InChI is InChI=1S/C31H67N11/c1-2-6-30-29-41(24-3-1)26-22-37-16-17-38-23-27-42-25-4-7-31(42)28-39-19-18-35-13-11-33-9-5-8-32-10-12-34-14-15-36-20-21-40-30/h1-2,30-40H,3-29H2. The van der Waals surface area contributed by atoms with Crippen LogP contribution in [0.4, 0.5) is 0 Å². The maximum absolute atomic E-state index is 3.80. The first-order valence-electron chi connectivity index (χ1n) is 17.4. The predicted molar refractivity (Wildman–Crippen MR) is 179 cm³/mol. The van der Waals surface area contributed by atoms with Crippen molar-refractivity contribution in [3.05, 3.63) is 12.2 Å². The minimum absolute atomic E-state index is 0.536. The van der Waals surface area contributed by atoms with Crippen LogP contribution in [0.15, 0.2) is 12.2 Å². The molecule has 3 aliphatic rings. The van der Waals surface area contributed by atoms with Gasteiger partial charge in [0.25, 0.3) is 0 Å². The Morgan fingerprint density at radius 3 is 1.74 bits per heavy atom. The molecule has 42 heavy (non-hydrogen) atoms. The molecule has 0 saturated carbocycles. The second kappa shape index (κ2) is 25.6. The van der Waals surface area contributed by atoms with E-state index in [0.29, 0.717) is 12.1 Å². The molecule has 11 heteroatoms. The van der Waals surface area contributed by atoms with Crippen LogP contribution in [0.25, 0.3) is 0 Å². The van der Waals surface area contributed by atoms with E-state index in [-0.39, 0.29) is 0 Å². The van der Waals surface area contributed by atoms with Crippen molar-refractivity contribution in [1.29, 1.82) is 0 Å². The summed E-state index contributed by atoms with van der Waals surface area (Å²) < 4.78 is 0. The van der Waals surface area contributed by atoms with Gasteiger partial charge in [0.2, 0.25) is 0 Å². The summed E-state index contributed by atoms with van der Waals surface area (Å²) in [5.41, 5.74) is 0. The van der Waals surface area contributed by atoms with Gasteiger partial charge in [0.05, 0.1) is 0 Å². The van der Waals surface area contributed by atoms with E-state index in [4.69, 9.17) is 0 Å². The Morgan fingerprint density at radius 2 is 1.05 bits per heavy atom. The molecule has 3 unspecified atom stereocenters. The second-order valence-corrected chi connectivity index (χ2v) is 12.1. The Balaban J connectivity index is 1.31. The zero-order valence-corrected chi connectivity index (χ0v) is 26.8. The highest BCUT2D eigenvalue weighted by Crippen LogP contribution is 2.15. The molecular formula is C31H67N11. The number of hydrogen-bond donors (Lipinski definition) is 9. The van der Waals surface area contributed by atoms with Crippen molar-refractivity contribution in [2.45, 2.75) is 44.2 Å². The van der Waals surface area contributed by atoms with Crippen molar-refractivity contribution in [1.82, 2.24) is 57.7 Å². The summed E-state index contributed by atoms with van der Waals surface area (Å²) in [6, 6.07) is 1.23. The number of nitrogens with zero attached hydrogens (tertiary/aromatic N) is 2. The van der Waals surface area contributed by atoms with E-state index in [1.807, 2.05) is 0 Å². The Labute approximate surface area is 257 Å². The molecule has 9 N–H and O–H groups in total. The summed E-state index contributed by atoms with van der Waals surface area (Å²) in [4.78, 5) is 5.31. The molecule has 0 aromatic heterocycles. The molecule has 0 amide bonds. The number of rotatable bonds is 0. The van der Waals surface area contributed by atoms with Crippen LogP contribution in [0.3, 0.4) is 0 Å². The Bertz CT molecular complexity index is 638. The smallest absolute Gasteiger partial charge is 0.0230 e. The van der Waals surface area contributed by atoms with E-state index in [1.165, 1.54) is 32.2 Å². The normalized spacial score (nSPS) is 30.3. The maximum atomic E-state index is 3.80. The zero-order valence-electron chi connectivity index (χ0n) is 26.8. The lowest BCUT2D eigenvalue weighted by Crippen LogP contribution is -2.46. The average molecular weight is 594 g/mol. The third-order valence-corrected chi connectivity index (χ3v) is 8.57. The van der Waals surface area contributed by atoms with E-state index in [0.717, 1.165) is 144 Å². The van der Waals surface area contributed by atoms with Crippen molar-refractivity contribution in [2.24, 2.45) is 0 Å². The minimum Gasteiger partial charge on any atom is -0.315 e. The van der Waals surface area contributed by atoms with Gasteiger partial charge in [0, 0.05) is 136 Å². The van der Waals surface area contributed by atoms with Crippen molar-refractivity contribution in [3.63, 3.8) is 0 Å². The third kappa shape index (κ3) is 18.2. The van der Waals surface area contributed by atoms with E-state index in [1.54, 1.807) is 0 Å². The fourth-order valence-electron chi connectivity index (χ4n) is 6.08.